The van der Waals surface area contributed by atoms with E-state index in [0.29, 0.717) is 46.7 Å². The van der Waals surface area contributed by atoms with Crippen LogP contribution in [-0.2, 0) is 0 Å². The summed E-state index contributed by atoms with van der Waals surface area (Å²) in [7, 11) is 3.09. The molecule has 0 amide bonds. The van der Waals surface area contributed by atoms with Crippen molar-refractivity contribution < 1.29 is 14.2 Å². The highest BCUT2D eigenvalue weighted by Crippen LogP contribution is 2.45. The molecule has 0 aliphatic heterocycles. The molecule has 0 saturated heterocycles. The molecule has 0 spiro atoms. The molecule has 1 heterocycles. The van der Waals surface area contributed by atoms with Crippen molar-refractivity contribution in [3.8, 4) is 35.3 Å². The fourth-order valence-corrected chi connectivity index (χ4v) is 3.69. The Morgan fingerprint density at radius 1 is 0.842 bits per heavy atom. The largest absolute Gasteiger partial charge is 0.493 e. The van der Waals surface area contributed by atoms with Crippen LogP contribution in [0.25, 0.3) is 10.8 Å². The maximum Gasteiger partial charge on any atom is 0.232 e. The van der Waals surface area contributed by atoms with E-state index in [4.69, 9.17) is 19.5 Å². The summed E-state index contributed by atoms with van der Waals surface area (Å²) in [6, 6.07) is 20.0. The molecule has 0 atom stereocenters. The molecule has 9 heteroatoms. The van der Waals surface area contributed by atoms with E-state index < -0.39 is 0 Å². The summed E-state index contributed by atoms with van der Waals surface area (Å²) >= 11 is 0. The molecule has 1 aromatic heterocycles. The Labute approximate surface area is 221 Å². The Balaban J connectivity index is 1.77. The number of aromatic nitrogens is 2. The highest BCUT2D eigenvalue weighted by atomic mass is 16.5. The predicted molar refractivity (Wildman–Crippen MR) is 146 cm³/mol. The van der Waals surface area contributed by atoms with Crippen molar-refractivity contribution in [3.05, 3.63) is 65.7 Å². The molecule has 192 valence electrons. The summed E-state index contributed by atoms with van der Waals surface area (Å²) in [5.74, 6) is 2.36. The molecule has 4 rings (SSSR count). The van der Waals surface area contributed by atoms with E-state index in [9.17, 15) is 5.26 Å². The minimum atomic E-state index is 0.0136. The van der Waals surface area contributed by atoms with Gasteiger partial charge in [-0.2, -0.15) is 20.5 Å². The first-order valence-electron chi connectivity index (χ1n) is 11.9. The Hall–Kier alpha value is -5.02. The van der Waals surface area contributed by atoms with Crippen LogP contribution in [0.3, 0.4) is 0 Å². The van der Waals surface area contributed by atoms with E-state index in [-0.39, 0.29) is 11.3 Å². The van der Waals surface area contributed by atoms with Crippen LogP contribution < -0.4 is 24.8 Å². The average molecular weight is 509 g/mol. The third-order valence-electron chi connectivity index (χ3n) is 5.55. The Bertz CT molecular complexity index is 1550. The summed E-state index contributed by atoms with van der Waals surface area (Å²) in [5, 5.41) is 26.4. The number of nitrogens with one attached hydrogen (secondary N) is 2. The van der Waals surface area contributed by atoms with Crippen molar-refractivity contribution in [1.82, 2.24) is 9.97 Å². The van der Waals surface area contributed by atoms with Crippen LogP contribution in [0.15, 0.2) is 54.6 Å². The molecule has 0 unspecified atom stereocenters. The number of hydrogen-bond acceptors (Lipinski definition) is 9. The van der Waals surface area contributed by atoms with Crippen molar-refractivity contribution in [2.24, 2.45) is 5.41 Å². The molecule has 0 aliphatic carbocycles. The highest BCUT2D eigenvalue weighted by molar-refractivity contribution is 5.94. The summed E-state index contributed by atoms with van der Waals surface area (Å²) in [6.45, 7) is 7.04. The number of fused-ring (bicyclic) bond motifs is 1. The molecule has 0 aliphatic rings. The van der Waals surface area contributed by atoms with Gasteiger partial charge < -0.3 is 24.8 Å². The van der Waals surface area contributed by atoms with E-state index in [1.54, 1.807) is 55.6 Å². The molecular formula is C29H28N6O3. The second kappa shape index (κ2) is 10.9. The van der Waals surface area contributed by atoms with Gasteiger partial charge in [0.2, 0.25) is 17.6 Å². The van der Waals surface area contributed by atoms with Gasteiger partial charge >= 0.3 is 0 Å². The van der Waals surface area contributed by atoms with E-state index in [1.165, 1.54) is 7.11 Å². The standard InChI is InChI=1S/C29H28N6O3/c1-29(2,3)17-32-24-14-25(35-28(34-24)33-21-9-6-18(15-30)7-10-21)38-27-23(36-4)13-20-12-19(16-31)8-11-22(20)26(27)37-5/h6-14H,17H2,1-5H3,(H2,32,33,34,35). The van der Waals surface area contributed by atoms with Gasteiger partial charge in [-0.25, -0.2) is 0 Å². The van der Waals surface area contributed by atoms with Gasteiger partial charge in [0.15, 0.2) is 11.5 Å². The maximum absolute atomic E-state index is 9.30. The minimum absolute atomic E-state index is 0.0136. The number of anilines is 3. The van der Waals surface area contributed by atoms with Crippen molar-refractivity contribution in [2.45, 2.75) is 20.8 Å². The van der Waals surface area contributed by atoms with E-state index in [0.717, 1.165) is 16.5 Å². The normalized spacial score (nSPS) is 10.8. The second-order valence-corrected chi connectivity index (χ2v) is 9.73. The number of nitrogens with zero attached hydrogens (tertiary/aromatic N) is 4. The predicted octanol–water partition coefficient (Wildman–Crippen LogP) is 6.38. The van der Waals surface area contributed by atoms with Crippen LogP contribution in [0, 0.1) is 28.1 Å². The van der Waals surface area contributed by atoms with Crippen LogP contribution >= 0.6 is 0 Å². The highest BCUT2D eigenvalue weighted by Gasteiger charge is 2.20. The van der Waals surface area contributed by atoms with Gasteiger partial charge in [-0.15, -0.1) is 0 Å². The lowest BCUT2D eigenvalue weighted by atomic mass is 9.97. The quantitative estimate of drug-likeness (QED) is 0.279. The van der Waals surface area contributed by atoms with Crippen LogP contribution in [-0.4, -0.2) is 30.7 Å². The van der Waals surface area contributed by atoms with E-state index in [1.807, 2.05) is 6.07 Å². The number of rotatable bonds is 8. The fraction of sp³-hybridized carbons (Fsp3) is 0.241. The first-order valence-corrected chi connectivity index (χ1v) is 11.9. The number of nitriles is 2. The Morgan fingerprint density at radius 2 is 1.55 bits per heavy atom. The van der Waals surface area contributed by atoms with Gasteiger partial charge in [0.1, 0.15) is 5.82 Å². The summed E-state index contributed by atoms with van der Waals surface area (Å²) in [5.41, 5.74) is 1.81. The zero-order valence-electron chi connectivity index (χ0n) is 21.9. The smallest absolute Gasteiger partial charge is 0.232 e. The second-order valence-electron chi connectivity index (χ2n) is 9.73. The molecule has 9 nitrogen and oxygen atoms in total. The molecule has 0 fully saturated rings. The van der Waals surface area contributed by atoms with Crippen LogP contribution in [0.4, 0.5) is 17.5 Å². The zero-order chi connectivity index (χ0) is 27.3. The van der Waals surface area contributed by atoms with Crippen LogP contribution in [0.5, 0.6) is 23.1 Å². The third-order valence-corrected chi connectivity index (χ3v) is 5.55. The first kappa shape index (κ1) is 26.1. The van der Waals surface area contributed by atoms with Gasteiger partial charge in [-0.05, 0) is 59.3 Å². The van der Waals surface area contributed by atoms with Crippen LogP contribution in [0.2, 0.25) is 0 Å². The van der Waals surface area contributed by atoms with Crippen molar-refractivity contribution >= 4 is 28.2 Å². The third kappa shape index (κ3) is 6.03. The van der Waals surface area contributed by atoms with Crippen molar-refractivity contribution in [2.75, 3.05) is 31.4 Å². The first-order chi connectivity index (χ1) is 18.2. The lowest BCUT2D eigenvalue weighted by Crippen LogP contribution is -2.20. The van der Waals surface area contributed by atoms with Gasteiger partial charge in [-0.1, -0.05) is 20.8 Å². The molecule has 0 saturated carbocycles. The number of hydrogen-bond donors (Lipinski definition) is 2. The van der Waals surface area contributed by atoms with Crippen LogP contribution in [0.1, 0.15) is 31.9 Å². The van der Waals surface area contributed by atoms with E-state index in [2.05, 4.69) is 53.5 Å². The van der Waals surface area contributed by atoms with Crippen molar-refractivity contribution in [3.63, 3.8) is 0 Å². The van der Waals surface area contributed by atoms with Gasteiger partial charge in [-0.3, -0.25) is 0 Å². The molecule has 38 heavy (non-hydrogen) atoms. The average Bonchev–Trinajstić information content (AvgIpc) is 2.91. The molecular weight excluding hydrogens is 480 g/mol. The lowest BCUT2D eigenvalue weighted by Gasteiger charge is -2.20. The lowest BCUT2D eigenvalue weighted by molar-refractivity contribution is 0.345. The number of benzene rings is 3. The summed E-state index contributed by atoms with van der Waals surface area (Å²) in [6.07, 6.45) is 0. The topological polar surface area (TPSA) is 125 Å². The molecule has 2 N–H and O–H groups in total. The molecule has 0 radical (unpaired) electrons. The minimum Gasteiger partial charge on any atom is -0.493 e. The maximum atomic E-state index is 9.30. The monoisotopic (exact) mass is 508 g/mol. The summed E-state index contributed by atoms with van der Waals surface area (Å²) < 4.78 is 17.6. The molecule has 3 aromatic carbocycles. The fourth-order valence-electron chi connectivity index (χ4n) is 3.69. The van der Waals surface area contributed by atoms with Crippen molar-refractivity contribution in [1.29, 1.82) is 10.5 Å². The van der Waals surface area contributed by atoms with Gasteiger partial charge in [0, 0.05) is 23.7 Å². The SMILES string of the molecule is COc1cc2cc(C#N)ccc2c(OC)c1Oc1cc(NCC(C)(C)C)nc(Nc2ccc(C#N)cc2)n1. The number of ether oxygens (including phenoxy) is 3. The van der Waals surface area contributed by atoms with Gasteiger partial charge in [0.25, 0.3) is 0 Å². The van der Waals surface area contributed by atoms with Gasteiger partial charge in [0.05, 0.1) is 37.5 Å². The number of methoxy groups -OCH3 is 2. The Morgan fingerprint density at radius 3 is 2.18 bits per heavy atom. The zero-order valence-corrected chi connectivity index (χ0v) is 21.9. The summed E-state index contributed by atoms with van der Waals surface area (Å²) in [4.78, 5) is 9.16. The molecule has 0 bridgehead atoms. The molecule has 4 aromatic rings. The Kier molecular flexibility index (Phi) is 7.50. The van der Waals surface area contributed by atoms with E-state index >= 15 is 0 Å².